The minimum atomic E-state index is -0.100. The highest BCUT2D eigenvalue weighted by Gasteiger charge is 2.04. The molecule has 0 aliphatic carbocycles. The Morgan fingerprint density at radius 1 is 1.56 bits per heavy atom. The first-order valence-corrected chi connectivity index (χ1v) is 4.95. The number of hydrogen-bond donors (Lipinski definition) is 2. The molecule has 0 atom stereocenters. The summed E-state index contributed by atoms with van der Waals surface area (Å²) < 4.78 is 0. The van der Waals surface area contributed by atoms with Gasteiger partial charge in [-0.05, 0) is 23.8 Å². The zero-order valence-corrected chi connectivity index (χ0v) is 8.87. The van der Waals surface area contributed by atoms with Gasteiger partial charge in [-0.25, -0.2) is 0 Å². The van der Waals surface area contributed by atoms with Gasteiger partial charge in [0, 0.05) is 29.7 Å². The first-order chi connectivity index (χ1) is 7.70. The van der Waals surface area contributed by atoms with Gasteiger partial charge in [-0.1, -0.05) is 0 Å². The van der Waals surface area contributed by atoms with Crippen LogP contribution in [0.4, 0.5) is 5.69 Å². The summed E-state index contributed by atoms with van der Waals surface area (Å²) in [7, 11) is 0. The van der Waals surface area contributed by atoms with Gasteiger partial charge in [0.1, 0.15) is 0 Å². The van der Waals surface area contributed by atoms with Crippen LogP contribution >= 0.6 is 0 Å². The van der Waals surface area contributed by atoms with Crippen molar-refractivity contribution >= 4 is 22.5 Å². The van der Waals surface area contributed by atoms with Crippen molar-refractivity contribution in [3.63, 3.8) is 0 Å². The third-order valence-electron chi connectivity index (χ3n) is 2.36. The van der Waals surface area contributed by atoms with Crippen LogP contribution in [0.1, 0.15) is 12.5 Å². The predicted octanol–water partition coefficient (Wildman–Crippen LogP) is 2.19. The predicted molar refractivity (Wildman–Crippen MR) is 61.9 cm³/mol. The van der Waals surface area contributed by atoms with Gasteiger partial charge >= 0.3 is 0 Å². The lowest BCUT2D eigenvalue weighted by molar-refractivity contribution is -0.114. The van der Waals surface area contributed by atoms with Gasteiger partial charge in [-0.15, -0.1) is 0 Å². The van der Waals surface area contributed by atoms with Gasteiger partial charge < -0.3 is 10.3 Å². The third kappa shape index (κ3) is 1.89. The quantitative estimate of drug-likeness (QED) is 0.802. The average molecular weight is 213 g/mol. The number of carbonyl (C=O) groups excluding carboxylic acids is 1. The Hall–Kier alpha value is -2.28. The number of nitriles is 1. The molecule has 4 heteroatoms. The van der Waals surface area contributed by atoms with Crippen LogP contribution in [0.25, 0.3) is 10.9 Å². The lowest BCUT2D eigenvalue weighted by Gasteiger charge is -2.02. The summed E-state index contributed by atoms with van der Waals surface area (Å²) in [6, 6.07) is 7.71. The summed E-state index contributed by atoms with van der Waals surface area (Å²) in [5, 5.41) is 12.4. The molecule has 4 nitrogen and oxygen atoms in total. The summed E-state index contributed by atoms with van der Waals surface area (Å²) in [5.74, 6) is -0.100. The van der Waals surface area contributed by atoms with Crippen LogP contribution in [0.15, 0.2) is 24.4 Å². The van der Waals surface area contributed by atoms with Gasteiger partial charge in [0.05, 0.1) is 12.5 Å². The first-order valence-electron chi connectivity index (χ1n) is 4.95. The molecule has 80 valence electrons. The van der Waals surface area contributed by atoms with Crippen molar-refractivity contribution in [2.24, 2.45) is 0 Å². The van der Waals surface area contributed by atoms with Gasteiger partial charge in [-0.3, -0.25) is 4.79 Å². The molecule has 0 fully saturated rings. The number of aromatic nitrogens is 1. The van der Waals surface area contributed by atoms with E-state index in [0.717, 1.165) is 22.2 Å². The number of H-pyrrole nitrogens is 1. The number of nitrogens with zero attached hydrogens (tertiary/aromatic N) is 1. The highest BCUT2D eigenvalue weighted by Crippen LogP contribution is 2.22. The fraction of sp³-hybridized carbons (Fsp3) is 0.167. The number of carbonyl (C=O) groups is 1. The number of fused-ring (bicyclic) bond motifs is 1. The van der Waals surface area contributed by atoms with E-state index in [1.54, 1.807) is 0 Å². The Kier molecular flexibility index (Phi) is 2.61. The standard InChI is InChI=1S/C12H11N3O/c1-8(16)15-10-2-3-12-11(6-10)9(4-5-13)7-14-12/h2-3,6-7,14H,4H2,1H3,(H,15,16). The van der Waals surface area contributed by atoms with E-state index in [9.17, 15) is 4.79 Å². The fourth-order valence-corrected chi connectivity index (χ4v) is 1.69. The molecule has 0 radical (unpaired) electrons. The second-order valence-corrected chi connectivity index (χ2v) is 3.59. The normalized spacial score (nSPS) is 10.0. The molecule has 2 aromatic rings. The minimum Gasteiger partial charge on any atom is -0.361 e. The third-order valence-corrected chi connectivity index (χ3v) is 2.36. The van der Waals surface area contributed by atoms with E-state index in [1.807, 2.05) is 24.4 Å². The van der Waals surface area contributed by atoms with Crippen molar-refractivity contribution in [2.45, 2.75) is 13.3 Å². The minimum absolute atomic E-state index is 0.100. The lowest BCUT2D eigenvalue weighted by atomic mass is 10.1. The Bertz CT molecular complexity index is 577. The van der Waals surface area contributed by atoms with E-state index in [1.165, 1.54) is 6.92 Å². The maximum absolute atomic E-state index is 10.9. The molecule has 0 saturated heterocycles. The summed E-state index contributed by atoms with van der Waals surface area (Å²) >= 11 is 0. The smallest absolute Gasteiger partial charge is 0.221 e. The Labute approximate surface area is 92.9 Å². The molecule has 0 aliphatic heterocycles. The average Bonchev–Trinajstić information content (AvgIpc) is 2.61. The van der Waals surface area contributed by atoms with Crippen molar-refractivity contribution < 1.29 is 4.79 Å². The number of anilines is 1. The molecular weight excluding hydrogens is 202 g/mol. The molecule has 1 aromatic heterocycles. The fourth-order valence-electron chi connectivity index (χ4n) is 1.69. The van der Waals surface area contributed by atoms with E-state index >= 15 is 0 Å². The summed E-state index contributed by atoms with van der Waals surface area (Å²) in [6.45, 7) is 1.47. The van der Waals surface area contributed by atoms with Gasteiger partial charge in [0.2, 0.25) is 5.91 Å². The summed E-state index contributed by atoms with van der Waals surface area (Å²) in [6.07, 6.45) is 2.19. The van der Waals surface area contributed by atoms with E-state index in [2.05, 4.69) is 16.4 Å². The lowest BCUT2D eigenvalue weighted by Crippen LogP contribution is -2.05. The van der Waals surface area contributed by atoms with E-state index < -0.39 is 0 Å². The number of hydrogen-bond acceptors (Lipinski definition) is 2. The molecule has 1 aromatic carbocycles. The molecule has 1 amide bonds. The molecule has 0 aliphatic rings. The number of benzene rings is 1. The second kappa shape index (κ2) is 4.07. The topological polar surface area (TPSA) is 68.7 Å². The number of amides is 1. The molecule has 0 bridgehead atoms. The Morgan fingerprint density at radius 2 is 2.38 bits per heavy atom. The van der Waals surface area contributed by atoms with Crippen LogP contribution in [-0.2, 0) is 11.2 Å². The molecule has 1 heterocycles. The van der Waals surface area contributed by atoms with Crippen LogP contribution < -0.4 is 5.32 Å². The van der Waals surface area contributed by atoms with Crippen LogP contribution in [0.5, 0.6) is 0 Å². The highest BCUT2D eigenvalue weighted by molar-refractivity contribution is 5.93. The molecule has 2 rings (SSSR count). The van der Waals surface area contributed by atoms with Crippen LogP contribution in [-0.4, -0.2) is 10.9 Å². The van der Waals surface area contributed by atoms with Crippen molar-refractivity contribution in [3.8, 4) is 6.07 Å². The highest BCUT2D eigenvalue weighted by atomic mass is 16.1. The molecule has 0 unspecified atom stereocenters. The SMILES string of the molecule is CC(=O)Nc1ccc2[nH]cc(CC#N)c2c1. The summed E-state index contributed by atoms with van der Waals surface area (Å²) in [5.41, 5.74) is 2.67. The molecule has 0 saturated carbocycles. The van der Waals surface area contributed by atoms with Crippen molar-refractivity contribution in [3.05, 3.63) is 30.0 Å². The number of nitrogens with one attached hydrogen (secondary N) is 2. The monoisotopic (exact) mass is 213 g/mol. The number of rotatable bonds is 2. The Morgan fingerprint density at radius 3 is 3.06 bits per heavy atom. The summed E-state index contributed by atoms with van der Waals surface area (Å²) in [4.78, 5) is 14.0. The zero-order chi connectivity index (χ0) is 11.5. The molecular formula is C12H11N3O. The van der Waals surface area contributed by atoms with E-state index in [4.69, 9.17) is 5.26 Å². The van der Waals surface area contributed by atoms with E-state index in [0.29, 0.717) is 6.42 Å². The van der Waals surface area contributed by atoms with Gasteiger partial charge in [0.15, 0.2) is 0 Å². The van der Waals surface area contributed by atoms with Crippen molar-refractivity contribution in [2.75, 3.05) is 5.32 Å². The molecule has 16 heavy (non-hydrogen) atoms. The maximum atomic E-state index is 10.9. The van der Waals surface area contributed by atoms with E-state index in [-0.39, 0.29) is 5.91 Å². The van der Waals surface area contributed by atoms with Crippen LogP contribution in [0.3, 0.4) is 0 Å². The second-order valence-electron chi connectivity index (χ2n) is 3.59. The van der Waals surface area contributed by atoms with Crippen molar-refractivity contribution in [1.82, 2.24) is 4.98 Å². The van der Waals surface area contributed by atoms with Crippen molar-refractivity contribution in [1.29, 1.82) is 5.26 Å². The van der Waals surface area contributed by atoms with Crippen LogP contribution in [0.2, 0.25) is 0 Å². The van der Waals surface area contributed by atoms with Gasteiger partial charge in [0.25, 0.3) is 0 Å². The molecule has 0 spiro atoms. The number of aromatic amines is 1. The Balaban J connectivity index is 2.46. The first kappa shape index (κ1) is 10.2. The zero-order valence-electron chi connectivity index (χ0n) is 8.87. The largest absolute Gasteiger partial charge is 0.361 e. The van der Waals surface area contributed by atoms with Gasteiger partial charge in [-0.2, -0.15) is 5.26 Å². The van der Waals surface area contributed by atoms with Crippen LogP contribution in [0, 0.1) is 11.3 Å². The molecule has 2 N–H and O–H groups in total. The maximum Gasteiger partial charge on any atom is 0.221 e.